The molecule has 0 N–H and O–H groups in total. The molecule has 0 saturated heterocycles. The Hall–Kier alpha value is -1.55. The number of ketones is 1. The molecule has 1 aromatic rings. The molecule has 0 aliphatic carbocycles. The number of ether oxygens (including phenoxy) is 2. The molecule has 1 rings (SSSR count). The van der Waals surface area contributed by atoms with Crippen LogP contribution >= 0.6 is 0 Å². The first kappa shape index (κ1) is 15.5. The summed E-state index contributed by atoms with van der Waals surface area (Å²) >= 11 is 0. The van der Waals surface area contributed by atoms with Crippen LogP contribution in [0.3, 0.4) is 0 Å². The standard InChI is InChI=1S/C15H23NO3/c1-5-18-14-8-7-12(11-15(14)19-6-2)13(17)9-10-16(3)4/h7-8,11H,5-6,9-10H2,1-4H3. The van der Waals surface area contributed by atoms with E-state index in [1.807, 2.05) is 32.8 Å². The van der Waals surface area contributed by atoms with Gasteiger partial charge in [0.05, 0.1) is 13.2 Å². The van der Waals surface area contributed by atoms with Gasteiger partial charge in [-0.25, -0.2) is 0 Å². The fourth-order valence-corrected chi connectivity index (χ4v) is 1.69. The van der Waals surface area contributed by atoms with Crippen molar-refractivity contribution in [1.29, 1.82) is 0 Å². The van der Waals surface area contributed by atoms with E-state index in [1.54, 1.807) is 18.2 Å². The van der Waals surface area contributed by atoms with Gasteiger partial charge in [0, 0.05) is 18.5 Å². The van der Waals surface area contributed by atoms with Crippen molar-refractivity contribution in [2.24, 2.45) is 0 Å². The highest BCUT2D eigenvalue weighted by Crippen LogP contribution is 2.28. The van der Waals surface area contributed by atoms with Crippen molar-refractivity contribution in [2.45, 2.75) is 20.3 Å². The van der Waals surface area contributed by atoms with Crippen LogP contribution in [0.5, 0.6) is 11.5 Å². The monoisotopic (exact) mass is 265 g/mol. The fourth-order valence-electron chi connectivity index (χ4n) is 1.69. The van der Waals surface area contributed by atoms with Gasteiger partial charge in [-0.05, 0) is 46.1 Å². The van der Waals surface area contributed by atoms with Gasteiger partial charge in [0.15, 0.2) is 17.3 Å². The third kappa shape index (κ3) is 4.91. The molecule has 0 fully saturated rings. The number of hydrogen-bond acceptors (Lipinski definition) is 4. The molecule has 0 spiro atoms. The van der Waals surface area contributed by atoms with Crippen LogP contribution in [0.15, 0.2) is 18.2 Å². The third-order valence-corrected chi connectivity index (χ3v) is 2.65. The molecule has 19 heavy (non-hydrogen) atoms. The van der Waals surface area contributed by atoms with Gasteiger partial charge in [-0.2, -0.15) is 0 Å². The van der Waals surface area contributed by atoms with Crippen molar-refractivity contribution >= 4 is 5.78 Å². The molecule has 0 aliphatic rings. The first-order valence-electron chi connectivity index (χ1n) is 6.66. The van der Waals surface area contributed by atoms with Gasteiger partial charge in [-0.15, -0.1) is 0 Å². The lowest BCUT2D eigenvalue weighted by molar-refractivity contribution is 0.0972. The first-order valence-corrected chi connectivity index (χ1v) is 6.66. The van der Waals surface area contributed by atoms with E-state index in [9.17, 15) is 4.79 Å². The number of nitrogens with zero attached hydrogens (tertiary/aromatic N) is 1. The highest BCUT2D eigenvalue weighted by Gasteiger charge is 2.11. The Morgan fingerprint density at radius 2 is 1.74 bits per heavy atom. The molecule has 0 bridgehead atoms. The number of rotatable bonds is 8. The van der Waals surface area contributed by atoms with Crippen LogP contribution < -0.4 is 9.47 Å². The topological polar surface area (TPSA) is 38.8 Å². The smallest absolute Gasteiger partial charge is 0.164 e. The maximum Gasteiger partial charge on any atom is 0.164 e. The van der Waals surface area contributed by atoms with Gasteiger partial charge in [-0.1, -0.05) is 0 Å². The predicted octanol–water partition coefficient (Wildman–Crippen LogP) is 2.62. The van der Waals surface area contributed by atoms with Gasteiger partial charge in [0.25, 0.3) is 0 Å². The van der Waals surface area contributed by atoms with Gasteiger partial charge in [-0.3, -0.25) is 4.79 Å². The minimum atomic E-state index is 0.123. The summed E-state index contributed by atoms with van der Waals surface area (Å²) in [4.78, 5) is 14.0. The Morgan fingerprint density at radius 1 is 1.11 bits per heavy atom. The molecule has 0 heterocycles. The van der Waals surface area contributed by atoms with Crippen LogP contribution in [-0.4, -0.2) is 44.5 Å². The summed E-state index contributed by atoms with van der Waals surface area (Å²) in [6.45, 7) is 5.71. The van der Waals surface area contributed by atoms with E-state index >= 15 is 0 Å². The second-order valence-corrected chi connectivity index (χ2v) is 4.50. The number of benzene rings is 1. The molecule has 0 aromatic heterocycles. The number of carbonyl (C=O) groups is 1. The average molecular weight is 265 g/mol. The van der Waals surface area contributed by atoms with Crippen LogP contribution in [0.2, 0.25) is 0 Å². The molecule has 4 heteroatoms. The first-order chi connectivity index (χ1) is 9.08. The lowest BCUT2D eigenvalue weighted by atomic mass is 10.1. The molecular formula is C15H23NO3. The van der Waals surface area contributed by atoms with E-state index in [2.05, 4.69) is 0 Å². The largest absolute Gasteiger partial charge is 0.490 e. The quantitative estimate of drug-likeness (QED) is 0.677. The summed E-state index contributed by atoms with van der Waals surface area (Å²) in [5.41, 5.74) is 0.675. The van der Waals surface area contributed by atoms with Crippen molar-refractivity contribution in [3.8, 4) is 11.5 Å². The van der Waals surface area contributed by atoms with Crippen LogP contribution in [0.4, 0.5) is 0 Å². The van der Waals surface area contributed by atoms with Crippen LogP contribution in [0.25, 0.3) is 0 Å². The maximum absolute atomic E-state index is 12.1. The molecular weight excluding hydrogens is 242 g/mol. The SMILES string of the molecule is CCOc1ccc(C(=O)CCN(C)C)cc1OCC. The van der Waals surface area contributed by atoms with Gasteiger partial charge in [0.2, 0.25) is 0 Å². The lowest BCUT2D eigenvalue weighted by Gasteiger charge is -2.13. The van der Waals surface area contributed by atoms with E-state index in [-0.39, 0.29) is 5.78 Å². The zero-order valence-corrected chi connectivity index (χ0v) is 12.2. The predicted molar refractivity (Wildman–Crippen MR) is 76.3 cm³/mol. The van der Waals surface area contributed by atoms with Crippen molar-refractivity contribution in [3.05, 3.63) is 23.8 Å². The van der Waals surface area contributed by atoms with E-state index in [4.69, 9.17) is 9.47 Å². The second kappa shape index (κ2) is 7.79. The molecule has 0 radical (unpaired) electrons. The molecule has 0 atom stereocenters. The van der Waals surface area contributed by atoms with E-state index in [1.165, 1.54) is 0 Å². The maximum atomic E-state index is 12.1. The van der Waals surface area contributed by atoms with Crippen molar-refractivity contribution in [3.63, 3.8) is 0 Å². The Balaban J connectivity index is 2.84. The highest BCUT2D eigenvalue weighted by molar-refractivity contribution is 5.96. The van der Waals surface area contributed by atoms with E-state index < -0.39 is 0 Å². The zero-order valence-electron chi connectivity index (χ0n) is 12.2. The van der Waals surface area contributed by atoms with Crippen LogP contribution in [0, 0.1) is 0 Å². The molecule has 1 aromatic carbocycles. The Labute approximate surface area is 115 Å². The summed E-state index contributed by atoms with van der Waals surface area (Å²) in [5, 5.41) is 0. The van der Waals surface area contributed by atoms with E-state index in [0.29, 0.717) is 36.7 Å². The zero-order chi connectivity index (χ0) is 14.3. The van der Waals surface area contributed by atoms with Gasteiger partial charge >= 0.3 is 0 Å². The van der Waals surface area contributed by atoms with Crippen molar-refractivity contribution < 1.29 is 14.3 Å². The summed E-state index contributed by atoms with van der Waals surface area (Å²) in [6.07, 6.45) is 0.506. The Bertz CT molecular complexity index is 416. The third-order valence-electron chi connectivity index (χ3n) is 2.65. The van der Waals surface area contributed by atoms with Crippen LogP contribution in [0.1, 0.15) is 30.6 Å². The molecule has 0 unspecified atom stereocenters. The molecule has 0 aliphatic heterocycles. The average Bonchev–Trinajstić information content (AvgIpc) is 2.38. The van der Waals surface area contributed by atoms with Crippen molar-refractivity contribution in [2.75, 3.05) is 33.9 Å². The highest BCUT2D eigenvalue weighted by atomic mass is 16.5. The molecule has 4 nitrogen and oxygen atoms in total. The van der Waals surface area contributed by atoms with Gasteiger partial charge in [0.1, 0.15) is 0 Å². The second-order valence-electron chi connectivity index (χ2n) is 4.50. The number of Topliss-reactive ketones (excluding diaryl/α,β-unsaturated/α-hetero) is 1. The number of hydrogen-bond donors (Lipinski definition) is 0. The summed E-state index contributed by atoms with van der Waals surface area (Å²) in [6, 6.07) is 5.37. The summed E-state index contributed by atoms with van der Waals surface area (Å²) < 4.78 is 11.0. The fraction of sp³-hybridized carbons (Fsp3) is 0.533. The molecule has 0 saturated carbocycles. The van der Waals surface area contributed by atoms with Crippen molar-refractivity contribution in [1.82, 2.24) is 4.90 Å². The lowest BCUT2D eigenvalue weighted by Crippen LogP contribution is -2.16. The van der Waals surface area contributed by atoms with Gasteiger partial charge < -0.3 is 14.4 Å². The minimum absolute atomic E-state index is 0.123. The molecule has 0 amide bonds. The van der Waals surface area contributed by atoms with Crippen LogP contribution in [-0.2, 0) is 0 Å². The summed E-state index contributed by atoms with van der Waals surface area (Å²) in [7, 11) is 3.91. The Morgan fingerprint density at radius 3 is 2.32 bits per heavy atom. The summed E-state index contributed by atoms with van der Waals surface area (Å²) in [5.74, 6) is 1.45. The number of carbonyl (C=O) groups excluding carboxylic acids is 1. The Kier molecular flexibility index (Phi) is 6.36. The normalized spacial score (nSPS) is 10.6. The van der Waals surface area contributed by atoms with E-state index in [0.717, 1.165) is 6.54 Å². The minimum Gasteiger partial charge on any atom is -0.490 e. The molecule has 106 valence electrons.